The molecule has 0 aromatic heterocycles. The second-order valence-electron chi connectivity index (χ2n) is 3.33. The first-order valence-corrected chi connectivity index (χ1v) is 5.22. The van der Waals surface area contributed by atoms with E-state index in [-0.39, 0.29) is 12.6 Å². The van der Waals surface area contributed by atoms with E-state index in [9.17, 15) is 4.79 Å². The number of esters is 1. The molecule has 0 aliphatic heterocycles. The smallest absolute Gasteiger partial charge is 0.333 e. The number of benzene rings is 1. The second kappa shape index (κ2) is 6.13. The van der Waals surface area contributed by atoms with Gasteiger partial charge in [0.1, 0.15) is 6.61 Å². The van der Waals surface area contributed by atoms with Crippen LogP contribution in [0.3, 0.4) is 0 Å². The number of ether oxygens (including phenoxy) is 1. The number of hydrogen-bond acceptors (Lipinski definition) is 2. The summed E-state index contributed by atoms with van der Waals surface area (Å²) in [6.45, 7) is 5.35. The SMILES string of the molecule is C=C(C)C(=O)OCC=Cc1ccc(Cl)cc1. The topological polar surface area (TPSA) is 26.3 Å². The minimum absolute atomic E-state index is 0.244. The fraction of sp³-hybridized carbons (Fsp3) is 0.154. The molecule has 0 unspecified atom stereocenters. The molecular weight excluding hydrogens is 224 g/mol. The number of halogens is 1. The first-order valence-electron chi connectivity index (χ1n) is 4.84. The Morgan fingerprint density at radius 2 is 2.06 bits per heavy atom. The van der Waals surface area contributed by atoms with Crippen molar-refractivity contribution in [3.63, 3.8) is 0 Å². The summed E-state index contributed by atoms with van der Waals surface area (Å²) < 4.78 is 4.90. The van der Waals surface area contributed by atoms with Crippen LogP contribution >= 0.6 is 11.6 Å². The first kappa shape index (κ1) is 12.5. The molecule has 0 radical (unpaired) electrons. The summed E-state index contributed by atoms with van der Waals surface area (Å²) in [5.41, 5.74) is 1.41. The first-order chi connectivity index (χ1) is 7.59. The number of carbonyl (C=O) groups excluding carboxylic acids is 1. The van der Waals surface area contributed by atoms with Crippen molar-refractivity contribution >= 4 is 23.6 Å². The molecule has 84 valence electrons. The second-order valence-corrected chi connectivity index (χ2v) is 3.77. The van der Waals surface area contributed by atoms with Crippen molar-refractivity contribution in [3.8, 4) is 0 Å². The monoisotopic (exact) mass is 236 g/mol. The third-order valence-electron chi connectivity index (χ3n) is 1.84. The molecule has 16 heavy (non-hydrogen) atoms. The van der Waals surface area contributed by atoms with E-state index in [0.717, 1.165) is 5.56 Å². The zero-order valence-electron chi connectivity index (χ0n) is 9.07. The van der Waals surface area contributed by atoms with Gasteiger partial charge in [-0.15, -0.1) is 0 Å². The maximum Gasteiger partial charge on any atom is 0.333 e. The van der Waals surface area contributed by atoms with Gasteiger partial charge in [-0.2, -0.15) is 0 Å². The number of carbonyl (C=O) groups is 1. The van der Waals surface area contributed by atoms with Crippen molar-refractivity contribution in [2.45, 2.75) is 6.92 Å². The fourth-order valence-corrected chi connectivity index (χ4v) is 1.13. The van der Waals surface area contributed by atoms with E-state index in [0.29, 0.717) is 10.6 Å². The quantitative estimate of drug-likeness (QED) is 0.591. The molecule has 0 amide bonds. The lowest BCUT2D eigenvalue weighted by Gasteiger charge is -1.99. The third-order valence-corrected chi connectivity index (χ3v) is 2.09. The van der Waals surface area contributed by atoms with E-state index in [1.165, 1.54) is 0 Å². The minimum Gasteiger partial charge on any atom is -0.458 e. The molecule has 1 rings (SSSR count). The Morgan fingerprint density at radius 1 is 1.44 bits per heavy atom. The van der Waals surface area contributed by atoms with Crippen molar-refractivity contribution < 1.29 is 9.53 Å². The molecular formula is C13H13ClO2. The van der Waals surface area contributed by atoms with Crippen molar-refractivity contribution in [1.29, 1.82) is 0 Å². The molecule has 0 fully saturated rings. The molecule has 0 bridgehead atoms. The molecule has 0 atom stereocenters. The Kier molecular flexibility index (Phi) is 4.80. The summed E-state index contributed by atoms with van der Waals surface area (Å²) in [5.74, 6) is -0.374. The highest BCUT2D eigenvalue weighted by Gasteiger charge is 1.99. The average Bonchev–Trinajstić information content (AvgIpc) is 2.26. The van der Waals surface area contributed by atoms with Gasteiger partial charge in [0.25, 0.3) is 0 Å². The highest BCUT2D eigenvalue weighted by molar-refractivity contribution is 6.30. The maximum absolute atomic E-state index is 11.0. The van der Waals surface area contributed by atoms with Crippen molar-refractivity contribution in [2.75, 3.05) is 6.61 Å². The summed E-state index contributed by atoms with van der Waals surface area (Å²) in [6.07, 6.45) is 3.63. The summed E-state index contributed by atoms with van der Waals surface area (Å²) in [4.78, 5) is 11.0. The Labute approximate surface area is 100 Å². The number of hydrogen-bond donors (Lipinski definition) is 0. The predicted molar refractivity (Wildman–Crippen MR) is 66.3 cm³/mol. The van der Waals surface area contributed by atoms with Gasteiger partial charge >= 0.3 is 5.97 Å². The van der Waals surface area contributed by atoms with E-state index in [1.54, 1.807) is 25.1 Å². The van der Waals surface area contributed by atoms with Gasteiger partial charge in [0, 0.05) is 10.6 Å². The standard InChI is InChI=1S/C13H13ClO2/c1-10(2)13(15)16-9-3-4-11-5-7-12(14)8-6-11/h3-8H,1,9H2,2H3. The summed E-state index contributed by atoms with van der Waals surface area (Å²) >= 11 is 5.75. The molecule has 2 nitrogen and oxygen atoms in total. The van der Waals surface area contributed by atoms with Crippen LogP contribution in [0.15, 0.2) is 42.5 Å². The van der Waals surface area contributed by atoms with Crippen LogP contribution in [0.4, 0.5) is 0 Å². The molecule has 0 saturated heterocycles. The van der Waals surface area contributed by atoms with Gasteiger partial charge in [0.2, 0.25) is 0 Å². The largest absolute Gasteiger partial charge is 0.458 e. The Morgan fingerprint density at radius 3 is 2.62 bits per heavy atom. The third kappa shape index (κ3) is 4.32. The zero-order valence-corrected chi connectivity index (χ0v) is 9.83. The van der Waals surface area contributed by atoms with Gasteiger partial charge in [0.05, 0.1) is 0 Å². The van der Waals surface area contributed by atoms with Crippen LogP contribution in [-0.4, -0.2) is 12.6 Å². The van der Waals surface area contributed by atoms with Gasteiger partial charge in [-0.1, -0.05) is 36.4 Å². The Bertz CT molecular complexity index is 404. The van der Waals surface area contributed by atoms with E-state index in [1.807, 2.05) is 18.2 Å². The van der Waals surface area contributed by atoms with E-state index in [4.69, 9.17) is 16.3 Å². The van der Waals surface area contributed by atoms with Crippen LogP contribution in [-0.2, 0) is 9.53 Å². The number of rotatable bonds is 4. The van der Waals surface area contributed by atoms with E-state index < -0.39 is 0 Å². The molecule has 0 N–H and O–H groups in total. The van der Waals surface area contributed by atoms with Crippen LogP contribution < -0.4 is 0 Å². The summed E-state index contributed by atoms with van der Waals surface area (Å²) in [5, 5.41) is 0.700. The Balaban J connectivity index is 2.40. The lowest BCUT2D eigenvalue weighted by Crippen LogP contribution is -2.04. The van der Waals surface area contributed by atoms with Crippen molar-refractivity contribution in [3.05, 3.63) is 53.1 Å². The summed E-state index contributed by atoms with van der Waals surface area (Å²) in [7, 11) is 0. The van der Waals surface area contributed by atoms with Crippen LogP contribution in [0.2, 0.25) is 5.02 Å². The lowest BCUT2D eigenvalue weighted by atomic mass is 10.2. The highest BCUT2D eigenvalue weighted by atomic mass is 35.5. The molecule has 0 saturated carbocycles. The van der Waals surface area contributed by atoms with Gasteiger partial charge in [0.15, 0.2) is 0 Å². The molecule has 0 aliphatic rings. The molecule has 1 aromatic carbocycles. The molecule has 1 aromatic rings. The van der Waals surface area contributed by atoms with Gasteiger partial charge in [-0.3, -0.25) is 0 Å². The molecule has 0 aliphatic carbocycles. The van der Waals surface area contributed by atoms with Crippen LogP contribution in [0, 0.1) is 0 Å². The molecule has 0 heterocycles. The van der Waals surface area contributed by atoms with Crippen LogP contribution in [0.5, 0.6) is 0 Å². The van der Waals surface area contributed by atoms with Crippen LogP contribution in [0.25, 0.3) is 6.08 Å². The maximum atomic E-state index is 11.0. The summed E-state index contributed by atoms with van der Waals surface area (Å²) in [6, 6.07) is 7.39. The van der Waals surface area contributed by atoms with E-state index >= 15 is 0 Å². The van der Waals surface area contributed by atoms with E-state index in [2.05, 4.69) is 6.58 Å². The van der Waals surface area contributed by atoms with Gasteiger partial charge < -0.3 is 4.74 Å². The Hall–Kier alpha value is -1.54. The average molecular weight is 237 g/mol. The normalized spacial score (nSPS) is 10.4. The zero-order chi connectivity index (χ0) is 12.0. The lowest BCUT2D eigenvalue weighted by molar-refractivity contribution is -0.137. The van der Waals surface area contributed by atoms with Gasteiger partial charge in [-0.05, 0) is 30.7 Å². The highest BCUT2D eigenvalue weighted by Crippen LogP contribution is 2.10. The molecule has 3 heteroatoms. The predicted octanol–water partition coefficient (Wildman–Crippen LogP) is 3.47. The minimum atomic E-state index is -0.374. The van der Waals surface area contributed by atoms with Gasteiger partial charge in [-0.25, -0.2) is 4.79 Å². The van der Waals surface area contributed by atoms with Crippen molar-refractivity contribution in [1.82, 2.24) is 0 Å². The fourth-order valence-electron chi connectivity index (χ4n) is 1.01. The molecule has 0 spiro atoms. The van der Waals surface area contributed by atoms with Crippen molar-refractivity contribution in [2.24, 2.45) is 0 Å². The van der Waals surface area contributed by atoms with Crippen LogP contribution in [0.1, 0.15) is 12.5 Å².